The lowest BCUT2D eigenvalue weighted by Crippen LogP contribution is -2.33. The van der Waals surface area contributed by atoms with Gasteiger partial charge in [0.05, 0.1) is 11.8 Å². The van der Waals surface area contributed by atoms with E-state index in [1.165, 1.54) is 35.9 Å². The summed E-state index contributed by atoms with van der Waals surface area (Å²) in [5.41, 5.74) is 2.70. The second kappa shape index (κ2) is 6.29. The van der Waals surface area contributed by atoms with E-state index in [2.05, 4.69) is 10.4 Å². The fraction of sp³-hybridized carbons (Fsp3) is 0.188. The third-order valence-electron chi connectivity index (χ3n) is 3.35. The number of hydrogen-bond acceptors (Lipinski definition) is 4. The summed E-state index contributed by atoms with van der Waals surface area (Å²) in [5.74, 6) is -0.814. The number of rotatable bonds is 4. The van der Waals surface area contributed by atoms with E-state index in [0.717, 1.165) is 16.0 Å². The Kier molecular flexibility index (Phi) is 4.20. The van der Waals surface area contributed by atoms with Crippen LogP contribution in [0.4, 0.5) is 4.39 Å². The van der Waals surface area contributed by atoms with Crippen LogP contribution in [-0.2, 0) is 17.6 Å². The molecule has 0 aliphatic rings. The Hall–Kier alpha value is -2.54. The molecule has 1 N–H and O–H groups in total. The van der Waals surface area contributed by atoms with Crippen LogP contribution in [0.15, 0.2) is 41.5 Å². The number of benzene rings is 1. The van der Waals surface area contributed by atoms with Crippen LogP contribution in [0.25, 0.3) is 10.2 Å². The van der Waals surface area contributed by atoms with Crippen molar-refractivity contribution >= 4 is 27.5 Å². The topological polar surface area (TPSA) is 64.0 Å². The summed E-state index contributed by atoms with van der Waals surface area (Å²) >= 11 is 1.46. The van der Waals surface area contributed by atoms with Crippen LogP contribution in [0.3, 0.4) is 0 Å². The molecule has 0 radical (unpaired) electrons. The SMILES string of the molecule is CCc1cc2c(=O)n(NC(=O)Cc3cccc(F)c3)cnc2s1. The van der Waals surface area contributed by atoms with Gasteiger partial charge < -0.3 is 0 Å². The molecule has 0 saturated heterocycles. The quantitative estimate of drug-likeness (QED) is 0.799. The first-order chi connectivity index (χ1) is 11.1. The van der Waals surface area contributed by atoms with Crippen molar-refractivity contribution in [3.8, 4) is 0 Å². The van der Waals surface area contributed by atoms with E-state index in [0.29, 0.717) is 15.8 Å². The van der Waals surface area contributed by atoms with Gasteiger partial charge in [-0.05, 0) is 30.2 Å². The number of thiophene rings is 1. The molecule has 0 fully saturated rings. The summed E-state index contributed by atoms with van der Waals surface area (Å²) in [5, 5.41) is 0.486. The van der Waals surface area contributed by atoms with Crippen molar-refractivity contribution in [2.75, 3.05) is 5.43 Å². The van der Waals surface area contributed by atoms with Gasteiger partial charge in [0, 0.05) is 4.88 Å². The van der Waals surface area contributed by atoms with Gasteiger partial charge in [-0.15, -0.1) is 11.3 Å². The highest BCUT2D eigenvalue weighted by Gasteiger charge is 2.11. The van der Waals surface area contributed by atoms with Gasteiger partial charge >= 0.3 is 0 Å². The Morgan fingerprint density at radius 2 is 2.22 bits per heavy atom. The molecule has 7 heteroatoms. The minimum atomic E-state index is -0.412. The van der Waals surface area contributed by atoms with Crippen molar-refractivity contribution in [2.24, 2.45) is 0 Å². The molecule has 0 aliphatic carbocycles. The van der Waals surface area contributed by atoms with Crippen molar-refractivity contribution in [1.29, 1.82) is 0 Å². The predicted octanol–water partition coefficient (Wildman–Crippen LogP) is 2.47. The Labute approximate surface area is 135 Å². The Bertz CT molecular complexity index is 932. The van der Waals surface area contributed by atoms with Crippen molar-refractivity contribution < 1.29 is 9.18 Å². The lowest BCUT2D eigenvalue weighted by Gasteiger charge is -2.07. The molecule has 118 valence electrons. The van der Waals surface area contributed by atoms with E-state index < -0.39 is 11.7 Å². The highest BCUT2D eigenvalue weighted by Crippen LogP contribution is 2.20. The molecule has 2 heterocycles. The normalized spacial score (nSPS) is 10.9. The zero-order chi connectivity index (χ0) is 16.4. The molecule has 3 aromatic rings. The summed E-state index contributed by atoms with van der Waals surface area (Å²) in [7, 11) is 0. The van der Waals surface area contributed by atoms with Gasteiger partial charge in [-0.1, -0.05) is 19.1 Å². The van der Waals surface area contributed by atoms with Gasteiger partial charge in [-0.3, -0.25) is 15.0 Å². The molecule has 0 spiro atoms. The van der Waals surface area contributed by atoms with Gasteiger partial charge in [0.1, 0.15) is 17.0 Å². The largest absolute Gasteiger partial charge is 0.280 e. The summed E-state index contributed by atoms with van der Waals surface area (Å²) in [6.45, 7) is 2.00. The van der Waals surface area contributed by atoms with Crippen LogP contribution in [0.1, 0.15) is 17.4 Å². The van der Waals surface area contributed by atoms with Crippen molar-refractivity contribution in [3.63, 3.8) is 0 Å². The zero-order valence-corrected chi connectivity index (χ0v) is 13.2. The molecule has 23 heavy (non-hydrogen) atoms. The van der Waals surface area contributed by atoms with Crippen molar-refractivity contribution in [3.05, 3.63) is 63.3 Å². The van der Waals surface area contributed by atoms with Crippen LogP contribution < -0.4 is 11.0 Å². The highest BCUT2D eigenvalue weighted by atomic mass is 32.1. The van der Waals surface area contributed by atoms with Crippen LogP contribution in [0, 0.1) is 5.82 Å². The fourth-order valence-corrected chi connectivity index (χ4v) is 3.16. The third-order valence-corrected chi connectivity index (χ3v) is 4.54. The number of hydrogen-bond donors (Lipinski definition) is 1. The molecule has 0 bridgehead atoms. The maximum atomic E-state index is 13.1. The summed E-state index contributed by atoms with van der Waals surface area (Å²) in [4.78, 5) is 30.3. The monoisotopic (exact) mass is 331 g/mol. The summed E-state index contributed by atoms with van der Waals surface area (Å²) in [6, 6.07) is 7.58. The van der Waals surface area contributed by atoms with Crippen LogP contribution in [0.5, 0.6) is 0 Å². The van der Waals surface area contributed by atoms with E-state index in [9.17, 15) is 14.0 Å². The second-order valence-corrected chi connectivity index (χ2v) is 6.16. The number of carbonyl (C=O) groups excluding carboxylic acids is 1. The van der Waals surface area contributed by atoms with E-state index in [4.69, 9.17) is 0 Å². The van der Waals surface area contributed by atoms with Crippen LogP contribution in [-0.4, -0.2) is 15.6 Å². The van der Waals surface area contributed by atoms with Crippen molar-refractivity contribution in [2.45, 2.75) is 19.8 Å². The average molecular weight is 331 g/mol. The molecular formula is C16H14FN3O2S. The molecule has 1 aromatic carbocycles. The molecule has 1 amide bonds. The molecule has 0 saturated carbocycles. The fourth-order valence-electron chi connectivity index (χ4n) is 2.23. The number of fused-ring (bicyclic) bond motifs is 1. The van der Waals surface area contributed by atoms with E-state index in [-0.39, 0.29) is 12.0 Å². The third kappa shape index (κ3) is 3.29. The van der Waals surface area contributed by atoms with E-state index in [1.54, 1.807) is 12.1 Å². The van der Waals surface area contributed by atoms with Gasteiger partial charge in [0.25, 0.3) is 5.56 Å². The molecule has 3 rings (SSSR count). The number of aromatic nitrogens is 2. The smallest absolute Gasteiger partial charge is 0.273 e. The first-order valence-corrected chi connectivity index (χ1v) is 7.93. The number of aryl methyl sites for hydroxylation is 1. The molecule has 0 atom stereocenters. The molecule has 0 unspecified atom stereocenters. The van der Waals surface area contributed by atoms with Gasteiger partial charge in [-0.2, -0.15) is 0 Å². The number of carbonyl (C=O) groups is 1. The number of nitrogens with zero attached hydrogens (tertiary/aromatic N) is 2. The highest BCUT2D eigenvalue weighted by molar-refractivity contribution is 7.18. The maximum Gasteiger partial charge on any atom is 0.280 e. The molecule has 2 aromatic heterocycles. The second-order valence-electron chi connectivity index (χ2n) is 5.05. The van der Waals surface area contributed by atoms with Crippen LogP contribution >= 0.6 is 11.3 Å². The van der Waals surface area contributed by atoms with Gasteiger partial charge in [-0.25, -0.2) is 14.1 Å². The minimum absolute atomic E-state index is 0.0217. The number of nitrogens with one attached hydrogen (secondary N) is 1. The zero-order valence-electron chi connectivity index (χ0n) is 12.4. The van der Waals surface area contributed by atoms with Crippen molar-refractivity contribution in [1.82, 2.24) is 9.66 Å². The average Bonchev–Trinajstić information content (AvgIpc) is 2.94. The standard InChI is InChI=1S/C16H14FN3O2S/c1-2-12-8-13-15(23-12)18-9-20(16(13)22)19-14(21)7-10-4-3-5-11(17)6-10/h3-6,8-9H,2,7H2,1H3,(H,19,21). The first kappa shape index (κ1) is 15.4. The van der Waals surface area contributed by atoms with E-state index in [1.807, 2.05) is 6.92 Å². The summed E-state index contributed by atoms with van der Waals surface area (Å²) in [6.07, 6.45) is 2.10. The van der Waals surface area contributed by atoms with E-state index >= 15 is 0 Å². The Balaban J connectivity index is 1.82. The van der Waals surface area contributed by atoms with Gasteiger partial charge in [0.15, 0.2) is 0 Å². The minimum Gasteiger partial charge on any atom is -0.273 e. The Morgan fingerprint density at radius 1 is 1.39 bits per heavy atom. The molecule has 0 aliphatic heterocycles. The molecule has 5 nitrogen and oxygen atoms in total. The first-order valence-electron chi connectivity index (χ1n) is 7.11. The van der Waals surface area contributed by atoms with Crippen LogP contribution in [0.2, 0.25) is 0 Å². The van der Waals surface area contributed by atoms with Gasteiger partial charge in [0.2, 0.25) is 5.91 Å². The molecular weight excluding hydrogens is 317 g/mol. The summed E-state index contributed by atoms with van der Waals surface area (Å²) < 4.78 is 14.2. The lowest BCUT2D eigenvalue weighted by atomic mass is 10.1. The number of halogens is 1. The number of amides is 1. The predicted molar refractivity (Wildman–Crippen MR) is 87.7 cm³/mol. The maximum absolute atomic E-state index is 13.1. The lowest BCUT2D eigenvalue weighted by molar-refractivity contribution is -0.116. The Morgan fingerprint density at radius 3 is 2.96 bits per heavy atom.